The van der Waals surface area contributed by atoms with Crippen molar-refractivity contribution in [2.75, 3.05) is 41.3 Å². The topological polar surface area (TPSA) is 81.6 Å². The highest BCUT2D eigenvalue weighted by Crippen LogP contribution is 2.54. The molecule has 7 nitrogen and oxygen atoms in total. The van der Waals surface area contributed by atoms with Crippen LogP contribution in [0, 0.1) is 12.3 Å². The Balaban J connectivity index is 1.23. The van der Waals surface area contributed by atoms with Crippen molar-refractivity contribution < 1.29 is 18.7 Å². The van der Waals surface area contributed by atoms with Gasteiger partial charge in [-0.05, 0) is 75.5 Å². The van der Waals surface area contributed by atoms with Crippen LogP contribution in [0.4, 0.5) is 26.2 Å². The van der Waals surface area contributed by atoms with E-state index in [1.165, 1.54) is 12.8 Å². The maximum Gasteiger partial charge on any atom is 0.258 e. The van der Waals surface area contributed by atoms with Gasteiger partial charge in [0.15, 0.2) is 0 Å². The van der Waals surface area contributed by atoms with Crippen LogP contribution in [0.1, 0.15) is 73.8 Å². The second kappa shape index (κ2) is 10.5. The number of anilines is 3. The molecule has 6 rings (SSSR count). The Morgan fingerprint density at radius 1 is 1.00 bits per heavy atom. The van der Waals surface area contributed by atoms with Gasteiger partial charge in [0, 0.05) is 60.9 Å². The van der Waals surface area contributed by atoms with E-state index in [-0.39, 0.29) is 43.2 Å². The zero-order chi connectivity index (χ0) is 27.2. The van der Waals surface area contributed by atoms with Gasteiger partial charge in [0.05, 0.1) is 17.4 Å². The van der Waals surface area contributed by atoms with Gasteiger partial charge in [-0.2, -0.15) is 4.98 Å². The van der Waals surface area contributed by atoms with Crippen molar-refractivity contribution in [3.8, 4) is 0 Å². The van der Waals surface area contributed by atoms with Gasteiger partial charge in [-0.25, -0.2) is 13.8 Å². The van der Waals surface area contributed by atoms with E-state index in [4.69, 9.17) is 0 Å². The molecular formula is C29H37F2N5O2S. The van der Waals surface area contributed by atoms with Gasteiger partial charge in [0.2, 0.25) is 5.95 Å². The highest BCUT2D eigenvalue weighted by Gasteiger charge is 2.44. The molecule has 10 heteroatoms. The van der Waals surface area contributed by atoms with Gasteiger partial charge in [0.1, 0.15) is 5.82 Å². The third kappa shape index (κ3) is 6.01. The predicted molar refractivity (Wildman–Crippen MR) is 150 cm³/mol. The molecule has 0 bridgehead atoms. The highest BCUT2D eigenvalue weighted by atomic mass is 32.2. The Labute approximate surface area is 232 Å². The molecule has 2 saturated heterocycles. The molecule has 0 unspecified atom stereocenters. The summed E-state index contributed by atoms with van der Waals surface area (Å²) < 4.78 is 27.3. The van der Waals surface area contributed by atoms with Crippen molar-refractivity contribution in [3.63, 3.8) is 0 Å². The third-order valence-corrected chi connectivity index (χ3v) is 10.3. The Morgan fingerprint density at radius 2 is 1.72 bits per heavy atom. The average Bonchev–Trinajstić information content (AvgIpc) is 3.54. The van der Waals surface area contributed by atoms with Gasteiger partial charge < -0.3 is 20.2 Å². The smallest absolute Gasteiger partial charge is 0.258 e. The Kier molecular flexibility index (Phi) is 7.20. The van der Waals surface area contributed by atoms with Crippen LogP contribution in [-0.4, -0.2) is 64.4 Å². The quantitative estimate of drug-likeness (QED) is 0.474. The molecule has 2 atom stereocenters. The number of carbonyl (C=O) groups is 1. The minimum absolute atomic E-state index is 0.180. The number of benzene rings is 1. The molecule has 4 fully saturated rings. The monoisotopic (exact) mass is 557 g/mol. The summed E-state index contributed by atoms with van der Waals surface area (Å²) in [5, 5.41) is 13.5. The summed E-state index contributed by atoms with van der Waals surface area (Å²) in [6.45, 7) is 4.03. The number of rotatable bonds is 6. The second-order valence-electron chi connectivity index (χ2n) is 11.8. The van der Waals surface area contributed by atoms with E-state index in [1.807, 2.05) is 19.1 Å². The Hall–Kier alpha value is -2.46. The lowest BCUT2D eigenvalue weighted by molar-refractivity contribution is -0.0222. The standard InChI is InChI=1S/C29H37F2N5O2S/c1-19-17-25(34-27(32-19)36-15-11-29(30,31)12-16-36)33-26(38)21-6-5-20(39-24-4-2-3-23(24)37)18-22(21)35-13-9-28(7-8-28)10-14-35/h5-6,17-18,23-24,37H,2-4,7-16H2,1H3,(H,32,33,34,38)/t23-,24-/m1/s1. The van der Waals surface area contributed by atoms with Crippen LogP contribution in [0.3, 0.4) is 0 Å². The number of carbonyl (C=O) groups excluding carboxylic acids is 1. The second-order valence-corrected chi connectivity index (χ2v) is 13.1. The van der Waals surface area contributed by atoms with Crippen LogP contribution in [0.15, 0.2) is 29.2 Å². The summed E-state index contributed by atoms with van der Waals surface area (Å²) in [7, 11) is 0. The van der Waals surface area contributed by atoms with Gasteiger partial charge in [-0.3, -0.25) is 4.79 Å². The predicted octanol–water partition coefficient (Wildman–Crippen LogP) is 5.66. The number of amides is 1. The van der Waals surface area contributed by atoms with Crippen molar-refractivity contribution in [2.45, 2.75) is 86.9 Å². The number of alkyl halides is 2. The maximum absolute atomic E-state index is 13.7. The molecule has 3 heterocycles. The molecule has 210 valence electrons. The van der Waals surface area contributed by atoms with E-state index in [0.717, 1.165) is 55.8 Å². The number of nitrogens with one attached hydrogen (secondary N) is 1. The molecule has 2 saturated carbocycles. The van der Waals surface area contributed by atoms with Crippen molar-refractivity contribution in [2.24, 2.45) is 5.41 Å². The number of aliphatic hydroxyl groups excluding tert-OH is 1. The molecule has 1 spiro atoms. The fourth-order valence-corrected chi connectivity index (χ4v) is 7.39. The first-order chi connectivity index (χ1) is 18.7. The number of hydrogen-bond donors (Lipinski definition) is 2. The molecule has 0 radical (unpaired) electrons. The zero-order valence-corrected chi connectivity index (χ0v) is 23.3. The van der Waals surface area contributed by atoms with Crippen molar-refractivity contribution in [1.82, 2.24) is 9.97 Å². The van der Waals surface area contributed by atoms with Crippen molar-refractivity contribution in [3.05, 3.63) is 35.5 Å². The molecule has 2 aliphatic carbocycles. The van der Waals surface area contributed by atoms with Gasteiger partial charge >= 0.3 is 0 Å². The van der Waals surface area contributed by atoms with E-state index >= 15 is 0 Å². The largest absolute Gasteiger partial charge is 0.392 e. The average molecular weight is 558 g/mol. The highest BCUT2D eigenvalue weighted by molar-refractivity contribution is 8.00. The normalized spacial score (nSPS) is 25.6. The van der Waals surface area contributed by atoms with Crippen molar-refractivity contribution in [1.29, 1.82) is 0 Å². The lowest BCUT2D eigenvalue weighted by Crippen LogP contribution is -2.40. The first kappa shape index (κ1) is 26.7. The molecule has 4 aliphatic rings. The summed E-state index contributed by atoms with van der Waals surface area (Å²) in [5.74, 6) is -2.16. The van der Waals surface area contributed by atoms with Gasteiger partial charge in [-0.15, -0.1) is 11.8 Å². The fourth-order valence-electron chi connectivity index (χ4n) is 6.13. The summed E-state index contributed by atoms with van der Waals surface area (Å²) in [4.78, 5) is 27.8. The molecule has 39 heavy (non-hydrogen) atoms. The van der Waals surface area contributed by atoms with Crippen LogP contribution in [-0.2, 0) is 0 Å². The molecular weight excluding hydrogens is 520 g/mol. The lowest BCUT2D eigenvalue weighted by Gasteiger charge is -2.35. The van der Waals surface area contributed by atoms with E-state index < -0.39 is 5.92 Å². The van der Waals surface area contributed by atoms with Crippen molar-refractivity contribution >= 4 is 35.1 Å². The molecule has 1 aromatic heterocycles. The summed E-state index contributed by atoms with van der Waals surface area (Å²) in [6, 6.07) is 7.69. The van der Waals surface area contributed by atoms with E-state index in [9.17, 15) is 18.7 Å². The van der Waals surface area contributed by atoms with Crippen LogP contribution >= 0.6 is 11.8 Å². The Morgan fingerprint density at radius 3 is 2.38 bits per heavy atom. The van der Waals surface area contributed by atoms with Crippen LogP contribution in [0.25, 0.3) is 0 Å². The van der Waals surface area contributed by atoms with Crippen LogP contribution in [0.2, 0.25) is 0 Å². The maximum atomic E-state index is 13.7. The SMILES string of the molecule is Cc1cc(NC(=O)c2ccc(S[C@@H]3CCC[C@H]3O)cc2N2CCC3(CC2)CC3)nc(N2CCC(F)(F)CC2)n1. The van der Waals surface area contributed by atoms with E-state index in [2.05, 4.69) is 26.3 Å². The number of nitrogens with zero attached hydrogens (tertiary/aromatic N) is 4. The summed E-state index contributed by atoms with van der Waals surface area (Å²) >= 11 is 1.71. The minimum atomic E-state index is -2.65. The summed E-state index contributed by atoms with van der Waals surface area (Å²) in [5.41, 5.74) is 2.70. The lowest BCUT2D eigenvalue weighted by atomic mass is 9.93. The molecule has 2 aliphatic heterocycles. The summed E-state index contributed by atoms with van der Waals surface area (Å²) in [6.07, 6.45) is 7.07. The molecule has 1 amide bonds. The minimum Gasteiger partial charge on any atom is -0.392 e. The number of thioether (sulfide) groups is 1. The van der Waals surface area contributed by atoms with Crippen LogP contribution in [0.5, 0.6) is 0 Å². The van der Waals surface area contributed by atoms with E-state index in [1.54, 1.807) is 22.7 Å². The number of aromatic nitrogens is 2. The Bertz CT molecular complexity index is 1220. The number of aliphatic hydroxyl groups is 1. The molecule has 1 aromatic carbocycles. The van der Waals surface area contributed by atoms with Crippen LogP contribution < -0.4 is 15.1 Å². The number of hydrogen-bond acceptors (Lipinski definition) is 7. The van der Waals surface area contributed by atoms with Gasteiger partial charge in [-0.1, -0.05) is 0 Å². The molecule has 2 N–H and O–H groups in total. The first-order valence-corrected chi connectivity index (χ1v) is 15.1. The van der Waals surface area contributed by atoms with Gasteiger partial charge in [0.25, 0.3) is 11.8 Å². The number of piperidine rings is 2. The zero-order valence-electron chi connectivity index (χ0n) is 22.5. The number of aryl methyl sites for hydroxylation is 1. The fraction of sp³-hybridized carbons (Fsp3) is 0.621. The number of halogens is 2. The molecule has 2 aromatic rings. The third-order valence-electron chi connectivity index (χ3n) is 8.90. The first-order valence-electron chi connectivity index (χ1n) is 14.2. The van der Waals surface area contributed by atoms with E-state index in [0.29, 0.717) is 28.4 Å².